The molecule has 220 valence electrons. The summed E-state index contributed by atoms with van der Waals surface area (Å²) in [7, 11) is 3.29. The van der Waals surface area contributed by atoms with Crippen LogP contribution in [0.2, 0.25) is 0 Å². The Bertz CT molecular complexity index is 1470. The maximum absolute atomic E-state index is 13.6. The van der Waals surface area contributed by atoms with Crippen molar-refractivity contribution in [3.63, 3.8) is 0 Å². The van der Waals surface area contributed by atoms with Crippen LogP contribution in [0.1, 0.15) is 40.9 Å². The standard InChI is InChI=1S/C32H37N5O5/c1-22(26-10-6-8-23-7-4-5-9-27(23)26)33-32(41)28-13-12-25(37-19-17-36(2)18-20-37)21-24(28)11-14-29(38)34-35-30(39)15-16-31(40)42-3/h4-10,12-13,15-16,21-22H,11,14,17-20H2,1-3H3,(H,33,41)(H,34,38)(H,35,39)/b16-15+/t22-/m1/s1. The van der Waals surface area contributed by atoms with Gasteiger partial charge in [0.2, 0.25) is 5.91 Å². The number of aryl methyl sites for hydroxylation is 1. The molecule has 0 radical (unpaired) electrons. The first-order chi connectivity index (χ1) is 20.2. The number of methoxy groups -OCH3 is 1. The van der Waals surface area contributed by atoms with E-state index >= 15 is 0 Å². The predicted molar refractivity (Wildman–Crippen MR) is 162 cm³/mol. The van der Waals surface area contributed by atoms with Crippen molar-refractivity contribution < 1.29 is 23.9 Å². The second-order valence-corrected chi connectivity index (χ2v) is 10.3. The Morgan fingerprint density at radius 3 is 2.43 bits per heavy atom. The lowest BCUT2D eigenvalue weighted by molar-refractivity contribution is -0.135. The normalized spacial score (nSPS) is 14.4. The minimum atomic E-state index is -0.683. The number of benzene rings is 3. The number of likely N-dealkylation sites (N-methyl/N-ethyl adjacent to an activating group) is 1. The van der Waals surface area contributed by atoms with E-state index in [0.29, 0.717) is 5.56 Å². The third-order valence-corrected chi connectivity index (χ3v) is 7.36. The molecule has 0 saturated carbocycles. The number of anilines is 1. The largest absolute Gasteiger partial charge is 0.466 e. The van der Waals surface area contributed by atoms with Gasteiger partial charge < -0.3 is 19.9 Å². The van der Waals surface area contributed by atoms with Crippen molar-refractivity contribution in [2.24, 2.45) is 0 Å². The molecule has 1 aliphatic heterocycles. The lowest BCUT2D eigenvalue weighted by Crippen LogP contribution is -2.44. The first-order valence-electron chi connectivity index (χ1n) is 13.9. The van der Waals surface area contributed by atoms with Crippen LogP contribution in [0.25, 0.3) is 10.8 Å². The van der Waals surface area contributed by atoms with Gasteiger partial charge in [-0.05, 0) is 60.5 Å². The van der Waals surface area contributed by atoms with E-state index in [4.69, 9.17) is 0 Å². The third kappa shape index (κ3) is 7.94. The highest BCUT2D eigenvalue weighted by Gasteiger charge is 2.20. The zero-order valence-corrected chi connectivity index (χ0v) is 24.2. The number of carbonyl (C=O) groups excluding carboxylic acids is 4. The molecule has 10 heteroatoms. The van der Waals surface area contributed by atoms with Crippen molar-refractivity contribution >= 4 is 40.2 Å². The van der Waals surface area contributed by atoms with Crippen LogP contribution in [0.3, 0.4) is 0 Å². The van der Waals surface area contributed by atoms with Gasteiger partial charge in [-0.1, -0.05) is 42.5 Å². The van der Waals surface area contributed by atoms with Crippen LogP contribution in [-0.2, 0) is 25.5 Å². The highest BCUT2D eigenvalue weighted by molar-refractivity contribution is 5.97. The minimum Gasteiger partial charge on any atom is -0.466 e. The maximum Gasteiger partial charge on any atom is 0.330 e. The van der Waals surface area contributed by atoms with E-state index < -0.39 is 17.8 Å². The topological polar surface area (TPSA) is 120 Å². The number of hydrogen-bond acceptors (Lipinski definition) is 7. The van der Waals surface area contributed by atoms with Crippen molar-refractivity contribution in [1.29, 1.82) is 0 Å². The fraction of sp³-hybridized carbons (Fsp3) is 0.312. The molecule has 1 saturated heterocycles. The Balaban J connectivity index is 1.48. The quantitative estimate of drug-likeness (QED) is 0.205. The molecule has 3 aromatic carbocycles. The summed E-state index contributed by atoms with van der Waals surface area (Å²) in [6.45, 7) is 5.57. The van der Waals surface area contributed by atoms with Crippen molar-refractivity contribution in [3.05, 3.63) is 89.5 Å². The highest BCUT2D eigenvalue weighted by Crippen LogP contribution is 2.26. The van der Waals surface area contributed by atoms with Crippen LogP contribution in [0.4, 0.5) is 5.69 Å². The molecule has 1 atom stereocenters. The molecule has 1 fully saturated rings. The van der Waals surface area contributed by atoms with Crippen LogP contribution in [0.5, 0.6) is 0 Å². The molecule has 4 rings (SSSR count). The molecule has 10 nitrogen and oxygen atoms in total. The zero-order valence-electron chi connectivity index (χ0n) is 24.2. The molecule has 0 spiro atoms. The van der Waals surface area contributed by atoms with E-state index in [2.05, 4.69) is 37.8 Å². The Hall–Kier alpha value is -4.70. The summed E-state index contributed by atoms with van der Waals surface area (Å²) in [6, 6.07) is 19.6. The second kappa shape index (κ2) is 14.3. The number of nitrogens with one attached hydrogen (secondary N) is 3. The van der Waals surface area contributed by atoms with Crippen molar-refractivity contribution in [2.75, 3.05) is 45.2 Å². The summed E-state index contributed by atoms with van der Waals surface area (Å²) in [4.78, 5) is 53.7. The summed E-state index contributed by atoms with van der Waals surface area (Å²) < 4.78 is 4.44. The average Bonchev–Trinajstić information content (AvgIpc) is 3.01. The Kier molecular flexibility index (Phi) is 10.3. The van der Waals surface area contributed by atoms with Gasteiger partial charge in [0, 0.05) is 56.0 Å². The van der Waals surface area contributed by atoms with E-state index in [1.54, 1.807) is 0 Å². The number of amides is 3. The highest BCUT2D eigenvalue weighted by atomic mass is 16.5. The first kappa shape index (κ1) is 30.3. The van der Waals surface area contributed by atoms with Gasteiger partial charge in [-0.15, -0.1) is 0 Å². The summed E-state index contributed by atoms with van der Waals surface area (Å²) in [5.74, 6) is -2.02. The lowest BCUT2D eigenvalue weighted by Gasteiger charge is -2.34. The van der Waals surface area contributed by atoms with Crippen molar-refractivity contribution in [2.45, 2.75) is 25.8 Å². The summed E-state index contributed by atoms with van der Waals surface area (Å²) in [5, 5.41) is 5.33. The van der Waals surface area contributed by atoms with Crippen LogP contribution in [0, 0.1) is 0 Å². The van der Waals surface area contributed by atoms with E-state index in [1.807, 2.05) is 67.6 Å². The molecule has 3 amide bonds. The summed E-state index contributed by atoms with van der Waals surface area (Å²) in [6.07, 6.45) is 2.24. The van der Waals surface area contributed by atoms with Gasteiger partial charge in [-0.25, -0.2) is 4.79 Å². The van der Waals surface area contributed by atoms with Crippen molar-refractivity contribution in [3.8, 4) is 0 Å². The Labute approximate surface area is 245 Å². The number of hydrazine groups is 1. The Morgan fingerprint density at radius 1 is 0.929 bits per heavy atom. The molecular formula is C32H37N5O5. The van der Waals surface area contributed by atoms with Gasteiger partial charge in [0.15, 0.2) is 0 Å². The van der Waals surface area contributed by atoms with E-state index in [0.717, 1.165) is 65.9 Å². The second-order valence-electron chi connectivity index (χ2n) is 10.3. The summed E-state index contributed by atoms with van der Waals surface area (Å²) >= 11 is 0. The van der Waals surface area contributed by atoms with Gasteiger partial charge >= 0.3 is 5.97 Å². The molecule has 42 heavy (non-hydrogen) atoms. The van der Waals surface area contributed by atoms with E-state index in [-0.39, 0.29) is 24.8 Å². The molecule has 0 aromatic heterocycles. The molecule has 0 unspecified atom stereocenters. The maximum atomic E-state index is 13.6. The van der Waals surface area contributed by atoms with E-state index in [9.17, 15) is 19.2 Å². The molecule has 3 aromatic rings. The van der Waals surface area contributed by atoms with Crippen LogP contribution < -0.4 is 21.1 Å². The van der Waals surface area contributed by atoms with Gasteiger partial charge in [-0.3, -0.25) is 25.2 Å². The number of esters is 1. The first-order valence-corrected chi connectivity index (χ1v) is 13.9. The number of nitrogens with zero attached hydrogens (tertiary/aromatic N) is 2. The van der Waals surface area contributed by atoms with Crippen LogP contribution in [0.15, 0.2) is 72.8 Å². The van der Waals surface area contributed by atoms with E-state index in [1.165, 1.54) is 7.11 Å². The molecule has 1 heterocycles. The molecule has 0 aliphatic carbocycles. The number of rotatable bonds is 9. The summed E-state index contributed by atoms with van der Waals surface area (Å²) in [5.41, 5.74) is 7.83. The number of hydrogen-bond donors (Lipinski definition) is 3. The number of fused-ring (bicyclic) bond motifs is 1. The molecular weight excluding hydrogens is 534 g/mol. The minimum absolute atomic E-state index is 0.0341. The van der Waals surface area contributed by atoms with Crippen LogP contribution in [-0.4, -0.2) is 68.9 Å². The van der Waals surface area contributed by atoms with Gasteiger partial charge in [0.05, 0.1) is 13.2 Å². The smallest absolute Gasteiger partial charge is 0.330 e. The third-order valence-electron chi connectivity index (χ3n) is 7.36. The fourth-order valence-corrected chi connectivity index (χ4v) is 4.95. The number of carbonyl (C=O) groups is 4. The monoisotopic (exact) mass is 571 g/mol. The number of piperazine rings is 1. The molecule has 3 N–H and O–H groups in total. The average molecular weight is 572 g/mol. The SMILES string of the molecule is COC(=O)/C=C/C(=O)NNC(=O)CCc1cc(N2CCN(C)CC2)ccc1C(=O)N[C@H](C)c1cccc2ccccc12. The predicted octanol–water partition coefficient (Wildman–Crippen LogP) is 2.89. The van der Waals surface area contributed by atoms with Crippen molar-refractivity contribution in [1.82, 2.24) is 21.1 Å². The Morgan fingerprint density at radius 2 is 1.67 bits per heavy atom. The fourth-order valence-electron chi connectivity index (χ4n) is 4.95. The number of ether oxygens (including phenoxy) is 1. The van der Waals surface area contributed by atoms with Gasteiger partial charge in [0.25, 0.3) is 11.8 Å². The molecule has 1 aliphatic rings. The zero-order chi connectivity index (χ0) is 30.1. The van der Waals surface area contributed by atoms with Gasteiger partial charge in [0.1, 0.15) is 0 Å². The van der Waals surface area contributed by atoms with Gasteiger partial charge in [-0.2, -0.15) is 0 Å². The molecule has 0 bridgehead atoms. The van der Waals surface area contributed by atoms with Crippen LogP contribution >= 0.6 is 0 Å². The lowest BCUT2D eigenvalue weighted by atomic mass is 9.97.